The van der Waals surface area contributed by atoms with Crippen LogP contribution in [0.1, 0.15) is 18.1 Å². The summed E-state index contributed by atoms with van der Waals surface area (Å²) in [5, 5.41) is 5.66. The number of imide groups is 1. The number of ether oxygens (including phenoxy) is 2. The Morgan fingerprint density at radius 1 is 1.00 bits per heavy atom. The number of nitrogens with one attached hydrogen (secondary N) is 2. The number of urea groups is 1. The fourth-order valence-electron chi connectivity index (χ4n) is 2.45. The Hall–Kier alpha value is -2.70. The highest BCUT2D eigenvalue weighted by Gasteiger charge is 2.22. The normalized spacial score (nSPS) is 14.9. The molecule has 0 bridgehead atoms. The maximum Gasteiger partial charge on any atom is 0.326 e. The zero-order valence-corrected chi connectivity index (χ0v) is 15.9. The second-order valence-electron chi connectivity index (χ2n) is 5.63. The van der Waals surface area contributed by atoms with Crippen molar-refractivity contribution in [1.82, 2.24) is 10.6 Å². The van der Waals surface area contributed by atoms with Crippen molar-refractivity contribution in [2.45, 2.75) is 13.5 Å². The van der Waals surface area contributed by atoms with E-state index in [1.807, 2.05) is 6.92 Å². The van der Waals surface area contributed by atoms with Gasteiger partial charge in [0.1, 0.15) is 12.3 Å². The van der Waals surface area contributed by atoms with E-state index in [0.29, 0.717) is 33.7 Å². The lowest BCUT2D eigenvalue weighted by Crippen LogP contribution is -2.22. The molecule has 1 fully saturated rings. The monoisotopic (exact) mass is 406 g/mol. The van der Waals surface area contributed by atoms with Gasteiger partial charge in [-0.2, -0.15) is 0 Å². The van der Waals surface area contributed by atoms with Crippen LogP contribution in [0.3, 0.4) is 0 Å². The van der Waals surface area contributed by atoms with Gasteiger partial charge in [-0.25, -0.2) is 4.79 Å². The third kappa shape index (κ3) is 4.72. The van der Waals surface area contributed by atoms with Crippen LogP contribution in [0.15, 0.2) is 42.1 Å². The van der Waals surface area contributed by atoms with Gasteiger partial charge in [-0.3, -0.25) is 10.1 Å². The minimum absolute atomic E-state index is 0.170. The number of benzene rings is 2. The molecule has 0 aliphatic carbocycles. The number of rotatable bonds is 6. The molecule has 1 aliphatic heterocycles. The smallest absolute Gasteiger partial charge is 0.326 e. The van der Waals surface area contributed by atoms with Crippen molar-refractivity contribution >= 4 is 41.2 Å². The first kappa shape index (κ1) is 19.1. The summed E-state index contributed by atoms with van der Waals surface area (Å²) >= 11 is 12.1. The summed E-state index contributed by atoms with van der Waals surface area (Å²) in [6.07, 6.45) is 1.56. The molecule has 2 N–H and O–H groups in total. The van der Waals surface area contributed by atoms with Crippen LogP contribution in [0.2, 0.25) is 10.0 Å². The van der Waals surface area contributed by atoms with Crippen LogP contribution in [0, 0.1) is 0 Å². The number of hydrogen-bond acceptors (Lipinski definition) is 4. The average molecular weight is 407 g/mol. The molecule has 140 valence electrons. The summed E-state index contributed by atoms with van der Waals surface area (Å²) in [7, 11) is 0. The summed E-state index contributed by atoms with van der Waals surface area (Å²) in [4.78, 5) is 22.8. The Bertz CT molecular complexity index is 928. The number of halogens is 2. The molecule has 3 rings (SSSR count). The summed E-state index contributed by atoms with van der Waals surface area (Å²) < 4.78 is 11.5. The van der Waals surface area contributed by atoms with Crippen LogP contribution in [-0.4, -0.2) is 18.5 Å². The van der Waals surface area contributed by atoms with Crippen LogP contribution < -0.4 is 20.1 Å². The standard InChI is InChI=1S/C19H16Cl2N2O4/c1-2-26-17-8-11(7-15-18(24)23-19(25)22-15)3-6-16(17)27-10-12-4-5-13(20)9-14(12)21/h3-9H,2,10H2,1H3,(H2,22,23,24,25)/b15-7+. The molecule has 6 nitrogen and oxygen atoms in total. The maximum absolute atomic E-state index is 11.6. The number of carbonyl (C=O) groups excluding carboxylic acids is 2. The first-order valence-electron chi connectivity index (χ1n) is 8.14. The molecule has 8 heteroatoms. The molecule has 1 saturated heterocycles. The van der Waals surface area contributed by atoms with Gasteiger partial charge in [0, 0.05) is 15.6 Å². The van der Waals surface area contributed by atoms with E-state index < -0.39 is 11.9 Å². The molecule has 27 heavy (non-hydrogen) atoms. The van der Waals surface area contributed by atoms with Gasteiger partial charge in [0.25, 0.3) is 5.91 Å². The van der Waals surface area contributed by atoms with Gasteiger partial charge < -0.3 is 14.8 Å². The molecule has 1 aliphatic rings. The minimum Gasteiger partial charge on any atom is -0.490 e. The van der Waals surface area contributed by atoms with E-state index in [0.717, 1.165) is 5.56 Å². The molecule has 0 radical (unpaired) electrons. The molecule has 2 aromatic carbocycles. The third-order valence-electron chi connectivity index (χ3n) is 3.70. The zero-order chi connectivity index (χ0) is 19.4. The van der Waals surface area contributed by atoms with Crippen molar-refractivity contribution in [2.24, 2.45) is 0 Å². The third-order valence-corrected chi connectivity index (χ3v) is 4.28. The van der Waals surface area contributed by atoms with E-state index in [9.17, 15) is 9.59 Å². The number of carbonyl (C=O) groups is 2. The molecule has 0 saturated carbocycles. The van der Waals surface area contributed by atoms with E-state index in [4.69, 9.17) is 32.7 Å². The highest BCUT2D eigenvalue weighted by atomic mass is 35.5. The average Bonchev–Trinajstić information content (AvgIpc) is 2.93. The predicted octanol–water partition coefficient (Wildman–Crippen LogP) is 4.15. The van der Waals surface area contributed by atoms with Gasteiger partial charge >= 0.3 is 6.03 Å². The highest BCUT2D eigenvalue weighted by molar-refractivity contribution is 6.35. The fraction of sp³-hybridized carbons (Fsp3) is 0.158. The Labute approximate surface area is 166 Å². The van der Waals surface area contributed by atoms with Crippen LogP contribution in [-0.2, 0) is 11.4 Å². The first-order valence-corrected chi connectivity index (χ1v) is 8.89. The Balaban J connectivity index is 1.80. The quantitative estimate of drug-likeness (QED) is 0.557. The van der Waals surface area contributed by atoms with Gasteiger partial charge in [0.05, 0.1) is 6.61 Å². The van der Waals surface area contributed by atoms with Gasteiger partial charge in [0.15, 0.2) is 11.5 Å². The van der Waals surface area contributed by atoms with Crippen LogP contribution in [0.4, 0.5) is 4.79 Å². The largest absolute Gasteiger partial charge is 0.490 e. The van der Waals surface area contributed by atoms with Crippen LogP contribution in [0.25, 0.3) is 6.08 Å². The van der Waals surface area contributed by atoms with Crippen molar-refractivity contribution < 1.29 is 19.1 Å². The Kier molecular flexibility index (Phi) is 5.88. The molecule has 0 spiro atoms. The minimum atomic E-state index is -0.545. The second kappa shape index (κ2) is 8.33. The number of hydrogen-bond donors (Lipinski definition) is 2. The molecular weight excluding hydrogens is 391 g/mol. The topological polar surface area (TPSA) is 76.7 Å². The Morgan fingerprint density at radius 3 is 2.48 bits per heavy atom. The summed E-state index contributed by atoms with van der Waals surface area (Å²) in [6.45, 7) is 2.54. The predicted molar refractivity (Wildman–Crippen MR) is 103 cm³/mol. The van der Waals surface area contributed by atoms with Crippen LogP contribution in [0.5, 0.6) is 11.5 Å². The molecule has 2 aromatic rings. The summed E-state index contributed by atoms with van der Waals surface area (Å²) in [5.41, 5.74) is 1.65. The van der Waals surface area contributed by atoms with E-state index in [2.05, 4.69) is 10.6 Å². The molecule has 0 atom stereocenters. The van der Waals surface area contributed by atoms with Gasteiger partial charge in [-0.15, -0.1) is 0 Å². The Morgan fingerprint density at radius 2 is 1.81 bits per heavy atom. The molecule has 0 aromatic heterocycles. The van der Waals surface area contributed by atoms with E-state index >= 15 is 0 Å². The lowest BCUT2D eigenvalue weighted by Gasteiger charge is -2.13. The van der Waals surface area contributed by atoms with Crippen molar-refractivity contribution in [3.8, 4) is 11.5 Å². The van der Waals surface area contributed by atoms with Gasteiger partial charge in [-0.1, -0.05) is 35.3 Å². The SMILES string of the molecule is CCOc1cc(/C=C2/NC(=O)NC2=O)ccc1OCc1ccc(Cl)cc1Cl. The van der Waals surface area contributed by atoms with Crippen LogP contribution >= 0.6 is 23.2 Å². The molecule has 1 heterocycles. The number of amides is 3. The lowest BCUT2D eigenvalue weighted by molar-refractivity contribution is -0.115. The van der Waals surface area contributed by atoms with E-state index in [1.54, 1.807) is 42.5 Å². The van der Waals surface area contributed by atoms with Crippen molar-refractivity contribution in [3.63, 3.8) is 0 Å². The van der Waals surface area contributed by atoms with Gasteiger partial charge in [-0.05, 0) is 42.8 Å². The molecular formula is C19H16Cl2N2O4. The van der Waals surface area contributed by atoms with Crippen molar-refractivity contribution in [1.29, 1.82) is 0 Å². The lowest BCUT2D eigenvalue weighted by atomic mass is 10.1. The first-order chi connectivity index (χ1) is 13.0. The van der Waals surface area contributed by atoms with Crippen molar-refractivity contribution in [3.05, 3.63) is 63.3 Å². The van der Waals surface area contributed by atoms with Crippen molar-refractivity contribution in [2.75, 3.05) is 6.61 Å². The molecule has 3 amide bonds. The summed E-state index contributed by atoms with van der Waals surface area (Å²) in [6, 6.07) is 9.86. The fourth-order valence-corrected chi connectivity index (χ4v) is 2.91. The second-order valence-corrected chi connectivity index (χ2v) is 6.47. The highest BCUT2D eigenvalue weighted by Crippen LogP contribution is 2.31. The zero-order valence-electron chi connectivity index (χ0n) is 14.3. The van der Waals surface area contributed by atoms with E-state index in [1.165, 1.54) is 0 Å². The maximum atomic E-state index is 11.6. The molecule has 0 unspecified atom stereocenters. The summed E-state index contributed by atoms with van der Waals surface area (Å²) in [5.74, 6) is 0.572. The van der Waals surface area contributed by atoms with Gasteiger partial charge in [0.2, 0.25) is 0 Å². The van der Waals surface area contributed by atoms with E-state index in [-0.39, 0.29) is 12.3 Å².